The highest BCUT2D eigenvalue weighted by Gasteiger charge is 2.20. The first-order valence-electron chi connectivity index (χ1n) is 8.57. The summed E-state index contributed by atoms with van der Waals surface area (Å²) in [5, 5.41) is 22.9. The summed E-state index contributed by atoms with van der Waals surface area (Å²) in [5.74, 6) is -0.768. The first kappa shape index (κ1) is 22.7. The second-order valence-corrected chi connectivity index (χ2v) is 7.26. The van der Waals surface area contributed by atoms with Gasteiger partial charge in [0.1, 0.15) is 11.5 Å². The minimum absolute atomic E-state index is 0.0153. The van der Waals surface area contributed by atoms with Gasteiger partial charge in [0, 0.05) is 31.2 Å². The van der Waals surface area contributed by atoms with Gasteiger partial charge in [-0.15, -0.1) is 0 Å². The predicted molar refractivity (Wildman–Crippen MR) is 99.7 cm³/mol. The molecule has 1 atom stereocenters. The quantitative estimate of drug-likeness (QED) is 0.173. The standard InChI is InChI=1S/C17H20F3N5O3S/c1-9(21)6-14(26)22-4-5-29-17-15(24-28-25-17)13(23-27)8-10-2-3-12(18)11(7-10)16(19)20/h2-3,7,9,16,27H,4-6,8,21H2,1H3,(H,22,26). The third kappa shape index (κ3) is 6.75. The van der Waals surface area contributed by atoms with E-state index in [1.807, 2.05) is 0 Å². The van der Waals surface area contributed by atoms with E-state index in [0.717, 1.165) is 12.1 Å². The summed E-state index contributed by atoms with van der Waals surface area (Å²) in [6.45, 7) is 2.06. The maximum Gasteiger partial charge on any atom is 0.266 e. The Labute approximate surface area is 168 Å². The molecule has 0 aliphatic carbocycles. The van der Waals surface area contributed by atoms with Gasteiger partial charge >= 0.3 is 0 Å². The lowest BCUT2D eigenvalue weighted by molar-refractivity contribution is -0.121. The number of hydrogen-bond donors (Lipinski definition) is 3. The van der Waals surface area contributed by atoms with Gasteiger partial charge in [0.15, 0.2) is 10.7 Å². The fraction of sp³-hybridized carbons (Fsp3) is 0.412. The highest BCUT2D eigenvalue weighted by Crippen LogP contribution is 2.25. The molecule has 12 heteroatoms. The third-order valence-electron chi connectivity index (χ3n) is 3.69. The van der Waals surface area contributed by atoms with Crippen molar-refractivity contribution >= 4 is 23.4 Å². The largest absolute Gasteiger partial charge is 0.411 e. The molecule has 1 aromatic heterocycles. The highest BCUT2D eigenvalue weighted by atomic mass is 32.2. The van der Waals surface area contributed by atoms with Gasteiger partial charge in [-0.1, -0.05) is 23.0 Å². The van der Waals surface area contributed by atoms with E-state index in [-0.39, 0.29) is 36.2 Å². The van der Waals surface area contributed by atoms with Crippen LogP contribution in [0.3, 0.4) is 0 Å². The van der Waals surface area contributed by atoms with Crippen molar-refractivity contribution in [3.8, 4) is 0 Å². The number of thioether (sulfide) groups is 1. The van der Waals surface area contributed by atoms with Crippen LogP contribution in [0.15, 0.2) is 33.0 Å². The summed E-state index contributed by atoms with van der Waals surface area (Å²) < 4.78 is 43.9. The Hall–Kier alpha value is -2.60. The van der Waals surface area contributed by atoms with Gasteiger partial charge in [-0.2, -0.15) is 0 Å². The molecule has 158 valence electrons. The average molecular weight is 431 g/mol. The van der Waals surface area contributed by atoms with Crippen molar-refractivity contribution in [3.63, 3.8) is 0 Å². The molecule has 2 rings (SSSR count). The zero-order chi connectivity index (χ0) is 21.4. The number of rotatable bonds is 10. The van der Waals surface area contributed by atoms with Gasteiger partial charge in [-0.3, -0.25) is 4.79 Å². The molecule has 0 fully saturated rings. The van der Waals surface area contributed by atoms with Crippen molar-refractivity contribution in [1.82, 2.24) is 15.6 Å². The SMILES string of the molecule is CC(N)CC(=O)NCCSc1nonc1C(Cc1ccc(F)c(C(F)F)c1)=NO. The fourth-order valence-corrected chi connectivity index (χ4v) is 3.16. The molecule has 0 radical (unpaired) electrons. The molecule has 0 aliphatic heterocycles. The number of oxime groups is 1. The summed E-state index contributed by atoms with van der Waals surface area (Å²) in [6.07, 6.45) is -2.86. The van der Waals surface area contributed by atoms with Crippen molar-refractivity contribution in [2.75, 3.05) is 12.3 Å². The minimum Gasteiger partial charge on any atom is -0.411 e. The van der Waals surface area contributed by atoms with Gasteiger partial charge in [0.05, 0.1) is 5.56 Å². The Kier molecular flexibility index (Phi) is 8.46. The number of nitrogens with zero attached hydrogens (tertiary/aromatic N) is 3. The smallest absolute Gasteiger partial charge is 0.266 e. The van der Waals surface area contributed by atoms with Crippen LogP contribution in [0.2, 0.25) is 0 Å². The Balaban J connectivity index is 2.00. The maximum atomic E-state index is 13.4. The molecule has 1 unspecified atom stereocenters. The van der Waals surface area contributed by atoms with E-state index in [4.69, 9.17) is 5.73 Å². The molecule has 8 nitrogen and oxygen atoms in total. The summed E-state index contributed by atoms with van der Waals surface area (Å²) in [7, 11) is 0. The van der Waals surface area contributed by atoms with Crippen LogP contribution in [0.25, 0.3) is 0 Å². The summed E-state index contributed by atoms with van der Waals surface area (Å²) in [5.41, 5.74) is 5.25. The third-order valence-corrected chi connectivity index (χ3v) is 4.64. The number of alkyl halides is 2. The topological polar surface area (TPSA) is 127 Å². The zero-order valence-corrected chi connectivity index (χ0v) is 16.3. The normalized spacial score (nSPS) is 13.0. The van der Waals surface area contributed by atoms with Crippen LogP contribution in [-0.4, -0.2) is 45.5 Å². The van der Waals surface area contributed by atoms with Crippen molar-refractivity contribution in [2.24, 2.45) is 10.9 Å². The first-order valence-corrected chi connectivity index (χ1v) is 9.55. The molecule has 0 saturated heterocycles. The van der Waals surface area contributed by atoms with Gasteiger partial charge in [-0.25, -0.2) is 17.8 Å². The summed E-state index contributed by atoms with van der Waals surface area (Å²) in [4.78, 5) is 11.6. The molecule has 0 bridgehead atoms. The summed E-state index contributed by atoms with van der Waals surface area (Å²) in [6, 6.07) is 2.99. The van der Waals surface area contributed by atoms with Crippen molar-refractivity contribution < 1.29 is 27.8 Å². The molecule has 1 heterocycles. The predicted octanol–water partition coefficient (Wildman–Crippen LogP) is 2.51. The minimum atomic E-state index is -2.97. The van der Waals surface area contributed by atoms with Crippen molar-refractivity contribution in [3.05, 3.63) is 40.8 Å². The molecule has 2 aromatic rings. The Morgan fingerprint density at radius 1 is 1.41 bits per heavy atom. The van der Waals surface area contributed by atoms with Crippen LogP contribution in [0, 0.1) is 5.82 Å². The Morgan fingerprint density at radius 2 is 2.17 bits per heavy atom. The van der Waals surface area contributed by atoms with E-state index in [2.05, 4.69) is 25.4 Å². The number of amides is 1. The van der Waals surface area contributed by atoms with Gasteiger partial charge in [-0.05, 0) is 34.9 Å². The lowest BCUT2D eigenvalue weighted by Crippen LogP contribution is -2.31. The van der Waals surface area contributed by atoms with Crippen LogP contribution in [0.1, 0.15) is 36.6 Å². The number of carbonyl (C=O) groups is 1. The lowest BCUT2D eigenvalue weighted by atomic mass is 10.0. The first-order chi connectivity index (χ1) is 13.8. The van der Waals surface area contributed by atoms with Crippen molar-refractivity contribution in [1.29, 1.82) is 0 Å². The molecule has 29 heavy (non-hydrogen) atoms. The fourth-order valence-electron chi connectivity index (χ4n) is 2.38. The number of aromatic nitrogens is 2. The van der Waals surface area contributed by atoms with Crippen LogP contribution in [-0.2, 0) is 11.2 Å². The van der Waals surface area contributed by atoms with Gasteiger partial charge in [0.25, 0.3) is 6.43 Å². The van der Waals surface area contributed by atoms with E-state index in [1.54, 1.807) is 6.92 Å². The number of carbonyl (C=O) groups excluding carboxylic acids is 1. The van der Waals surface area contributed by atoms with Crippen LogP contribution in [0.5, 0.6) is 0 Å². The van der Waals surface area contributed by atoms with E-state index in [0.29, 0.717) is 22.9 Å². The maximum absolute atomic E-state index is 13.4. The van der Waals surface area contributed by atoms with Crippen molar-refractivity contribution in [2.45, 2.75) is 37.3 Å². The second-order valence-electron chi connectivity index (χ2n) is 6.18. The van der Waals surface area contributed by atoms with Crippen LogP contribution < -0.4 is 11.1 Å². The molecule has 0 spiro atoms. The zero-order valence-electron chi connectivity index (χ0n) is 15.4. The second kappa shape index (κ2) is 10.8. The number of hydrogen-bond acceptors (Lipinski definition) is 8. The molecule has 1 amide bonds. The average Bonchev–Trinajstić information content (AvgIpc) is 3.12. The molecule has 1 aromatic carbocycles. The lowest BCUT2D eigenvalue weighted by Gasteiger charge is -2.08. The number of nitrogens with two attached hydrogens (primary N) is 1. The molecular weight excluding hydrogens is 411 g/mol. The number of nitrogens with one attached hydrogen (secondary N) is 1. The van der Waals surface area contributed by atoms with Crippen LogP contribution >= 0.6 is 11.8 Å². The molecule has 0 saturated carbocycles. The van der Waals surface area contributed by atoms with E-state index < -0.39 is 17.8 Å². The number of halogens is 3. The molecular formula is C17H20F3N5O3S. The monoisotopic (exact) mass is 431 g/mol. The number of benzene rings is 1. The molecule has 4 N–H and O–H groups in total. The van der Waals surface area contributed by atoms with Crippen LogP contribution in [0.4, 0.5) is 13.2 Å². The Morgan fingerprint density at radius 3 is 2.83 bits per heavy atom. The van der Waals surface area contributed by atoms with E-state index in [1.165, 1.54) is 17.8 Å². The Bertz CT molecular complexity index is 861. The van der Waals surface area contributed by atoms with E-state index >= 15 is 0 Å². The molecule has 0 aliphatic rings. The van der Waals surface area contributed by atoms with Gasteiger partial charge < -0.3 is 16.3 Å². The van der Waals surface area contributed by atoms with E-state index in [9.17, 15) is 23.2 Å². The highest BCUT2D eigenvalue weighted by molar-refractivity contribution is 7.99. The summed E-state index contributed by atoms with van der Waals surface area (Å²) >= 11 is 1.19. The van der Waals surface area contributed by atoms with Gasteiger partial charge in [0.2, 0.25) is 5.91 Å².